The number of nitrogens with one attached hydrogen (secondary N) is 1. The largest absolute Gasteiger partial charge is 0.454 e. The van der Waals surface area contributed by atoms with E-state index in [4.69, 9.17) is 26.3 Å². The van der Waals surface area contributed by atoms with Crippen LogP contribution in [0, 0.1) is 17.2 Å². The minimum absolute atomic E-state index is 0.180. The molecule has 2 heterocycles. The maximum absolute atomic E-state index is 11.6. The van der Waals surface area contributed by atoms with Crippen LogP contribution < -0.4 is 14.8 Å². The van der Waals surface area contributed by atoms with E-state index in [9.17, 15) is 4.79 Å². The molecule has 1 aliphatic rings. The fourth-order valence-corrected chi connectivity index (χ4v) is 2.54. The molecule has 2 aromatic rings. The number of nitriles is 1. The molecule has 0 saturated heterocycles. The molecular weight excluding hydrogens is 306 g/mol. The van der Waals surface area contributed by atoms with Gasteiger partial charge in [-0.1, -0.05) is 11.6 Å². The molecule has 1 atom stereocenters. The van der Waals surface area contributed by atoms with E-state index in [-0.39, 0.29) is 24.3 Å². The maximum atomic E-state index is 11.6. The summed E-state index contributed by atoms with van der Waals surface area (Å²) in [5.41, 5.74) is 1.31. The second-order valence-electron chi connectivity index (χ2n) is 4.84. The van der Waals surface area contributed by atoms with E-state index in [1.165, 1.54) is 7.05 Å². The quantitative estimate of drug-likeness (QED) is 0.876. The molecule has 1 aromatic carbocycles. The van der Waals surface area contributed by atoms with E-state index in [2.05, 4.69) is 10.3 Å². The molecule has 0 aliphatic carbocycles. The molecule has 0 bridgehead atoms. The fourth-order valence-electron chi connectivity index (χ4n) is 2.32. The van der Waals surface area contributed by atoms with Crippen molar-refractivity contribution in [1.29, 1.82) is 5.26 Å². The number of carbonyl (C=O) groups excluding carboxylic acids is 1. The molecule has 0 radical (unpaired) electrons. The Hall–Kier alpha value is -2.52. The van der Waals surface area contributed by atoms with E-state index in [1.807, 2.05) is 18.2 Å². The highest BCUT2D eigenvalue weighted by molar-refractivity contribution is 6.30. The number of hydrogen-bond acceptors (Lipinski definition) is 5. The number of amides is 1. The van der Waals surface area contributed by atoms with Gasteiger partial charge in [0.05, 0.1) is 11.6 Å². The summed E-state index contributed by atoms with van der Waals surface area (Å²) in [6.07, 6.45) is 0.201. The van der Waals surface area contributed by atoms with Crippen LogP contribution in [-0.4, -0.2) is 24.7 Å². The van der Waals surface area contributed by atoms with Crippen LogP contribution in [0.3, 0.4) is 0 Å². The van der Waals surface area contributed by atoms with Gasteiger partial charge in [-0.05, 0) is 17.7 Å². The fraction of sp³-hybridized carbons (Fsp3) is 0.267. The van der Waals surface area contributed by atoms with Crippen molar-refractivity contribution in [2.45, 2.75) is 6.42 Å². The number of fused-ring (bicyclic) bond motifs is 2. The highest BCUT2D eigenvalue weighted by Gasteiger charge is 2.20. The number of hydrogen-bond donors (Lipinski definition) is 1. The van der Waals surface area contributed by atoms with Crippen molar-refractivity contribution in [3.05, 3.63) is 28.9 Å². The number of aromatic nitrogens is 1. The Balaban J connectivity index is 2.00. The Morgan fingerprint density at radius 3 is 2.86 bits per heavy atom. The zero-order chi connectivity index (χ0) is 15.7. The van der Waals surface area contributed by atoms with Crippen LogP contribution in [0.15, 0.2) is 18.2 Å². The van der Waals surface area contributed by atoms with Gasteiger partial charge in [0.25, 0.3) is 0 Å². The van der Waals surface area contributed by atoms with Crippen molar-refractivity contribution in [3.8, 4) is 17.6 Å². The summed E-state index contributed by atoms with van der Waals surface area (Å²) >= 11 is 6.18. The molecule has 1 aliphatic heterocycles. The van der Waals surface area contributed by atoms with Gasteiger partial charge in [0, 0.05) is 24.9 Å². The molecule has 0 fully saturated rings. The summed E-state index contributed by atoms with van der Waals surface area (Å²) in [5, 5.41) is 12.7. The molecule has 0 spiro atoms. The molecule has 1 N–H and O–H groups in total. The van der Waals surface area contributed by atoms with Crippen LogP contribution in [0.1, 0.15) is 5.56 Å². The minimum atomic E-state index is -0.809. The third-order valence-electron chi connectivity index (χ3n) is 3.48. The van der Waals surface area contributed by atoms with Gasteiger partial charge in [-0.15, -0.1) is 0 Å². The van der Waals surface area contributed by atoms with Crippen LogP contribution >= 0.6 is 11.6 Å². The Labute approximate surface area is 131 Å². The number of benzene rings is 1. The van der Waals surface area contributed by atoms with Gasteiger partial charge in [0.1, 0.15) is 11.1 Å². The summed E-state index contributed by atoms with van der Waals surface area (Å²) in [6, 6.07) is 7.36. The average molecular weight is 318 g/mol. The van der Waals surface area contributed by atoms with Gasteiger partial charge in [-0.2, -0.15) is 5.26 Å². The van der Waals surface area contributed by atoms with E-state index in [0.717, 1.165) is 5.39 Å². The highest BCUT2D eigenvalue weighted by atomic mass is 35.5. The Bertz CT molecular complexity index is 801. The minimum Gasteiger partial charge on any atom is -0.454 e. The van der Waals surface area contributed by atoms with Crippen molar-refractivity contribution in [1.82, 2.24) is 10.3 Å². The van der Waals surface area contributed by atoms with Gasteiger partial charge in [-0.3, -0.25) is 4.79 Å². The zero-order valence-corrected chi connectivity index (χ0v) is 12.5. The van der Waals surface area contributed by atoms with Gasteiger partial charge < -0.3 is 14.8 Å². The Kier molecular flexibility index (Phi) is 3.73. The third-order valence-corrected chi connectivity index (χ3v) is 3.81. The lowest BCUT2D eigenvalue weighted by atomic mass is 10.00. The predicted octanol–water partition coefficient (Wildman–Crippen LogP) is 2.05. The van der Waals surface area contributed by atoms with Crippen molar-refractivity contribution in [3.63, 3.8) is 0 Å². The normalized spacial score (nSPS) is 13.7. The van der Waals surface area contributed by atoms with E-state index in [1.54, 1.807) is 6.07 Å². The van der Waals surface area contributed by atoms with E-state index in [0.29, 0.717) is 22.6 Å². The number of nitrogens with zero attached hydrogens (tertiary/aromatic N) is 2. The van der Waals surface area contributed by atoms with Gasteiger partial charge >= 0.3 is 0 Å². The maximum Gasteiger partial charge on any atom is 0.237 e. The van der Waals surface area contributed by atoms with Crippen LogP contribution in [0.4, 0.5) is 0 Å². The smallest absolute Gasteiger partial charge is 0.237 e. The van der Waals surface area contributed by atoms with Gasteiger partial charge in [-0.25, -0.2) is 4.98 Å². The molecular formula is C15H12ClN3O3. The first-order valence-electron chi connectivity index (χ1n) is 6.62. The molecule has 0 unspecified atom stereocenters. The Morgan fingerprint density at radius 2 is 2.18 bits per heavy atom. The number of halogens is 1. The first-order valence-corrected chi connectivity index (χ1v) is 7.00. The molecule has 1 amide bonds. The van der Waals surface area contributed by atoms with Crippen molar-refractivity contribution < 1.29 is 14.3 Å². The number of pyridine rings is 1. The number of carbonyl (C=O) groups is 1. The zero-order valence-electron chi connectivity index (χ0n) is 11.7. The molecule has 112 valence electrons. The number of rotatable bonds is 3. The molecule has 6 nitrogen and oxygen atoms in total. The van der Waals surface area contributed by atoms with Crippen LogP contribution in [0.5, 0.6) is 11.5 Å². The topological polar surface area (TPSA) is 84.2 Å². The second-order valence-corrected chi connectivity index (χ2v) is 5.19. The van der Waals surface area contributed by atoms with Crippen LogP contribution in [-0.2, 0) is 11.2 Å². The second kappa shape index (κ2) is 5.70. The lowest BCUT2D eigenvalue weighted by molar-refractivity contribution is -0.122. The van der Waals surface area contributed by atoms with Crippen molar-refractivity contribution in [2.75, 3.05) is 13.8 Å². The monoisotopic (exact) mass is 317 g/mol. The average Bonchev–Trinajstić information content (AvgIpc) is 2.97. The molecule has 3 rings (SSSR count). The van der Waals surface area contributed by atoms with E-state index >= 15 is 0 Å². The molecule has 7 heteroatoms. The third kappa shape index (κ3) is 2.51. The first kappa shape index (κ1) is 14.4. The lowest BCUT2D eigenvalue weighted by Gasteiger charge is -2.10. The summed E-state index contributed by atoms with van der Waals surface area (Å²) < 4.78 is 10.6. The molecule has 0 saturated carbocycles. The summed E-state index contributed by atoms with van der Waals surface area (Å²) in [7, 11) is 1.49. The lowest BCUT2D eigenvalue weighted by Crippen LogP contribution is -2.27. The van der Waals surface area contributed by atoms with E-state index < -0.39 is 5.92 Å². The van der Waals surface area contributed by atoms with Crippen molar-refractivity contribution >= 4 is 28.4 Å². The summed E-state index contributed by atoms with van der Waals surface area (Å²) in [5.74, 6) is 0.120. The van der Waals surface area contributed by atoms with Gasteiger partial charge in [0.2, 0.25) is 12.7 Å². The van der Waals surface area contributed by atoms with Gasteiger partial charge in [0.15, 0.2) is 11.5 Å². The summed E-state index contributed by atoms with van der Waals surface area (Å²) in [4.78, 5) is 16.0. The Morgan fingerprint density at radius 1 is 1.45 bits per heavy atom. The predicted molar refractivity (Wildman–Crippen MR) is 79.7 cm³/mol. The van der Waals surface area contributed by atoms with Crippen molar-refractivity contribution in [2.24, 2.45) is 5.92 Å². The summed E-state index contributed by atoms with van der Waals surface area (Å²) in [6.45, 7) is 0.180. The van der Waals surface area contributed by atoms with Crippen LogP contribution in [0.25, 0.3) is 10.9 Å². The highest BCUT2D eigenvalue weighted by Crippen LogP contribution is 2.36. The first-order chi connectivity index (χ1) is 10.6. The molecule has 1 aromatic heterocycles. The number of ether oxygens (including phenoxy) is 2. The molecule has 22 heavy (non-hydrogen) atoms. The standard InChI is InChI=1S/C15H12ClN3O3/c1-18-15(20)10(6-17)3-9-2-8-4-12-13(22-7-21-12)5-11(8)19-14(9)16/h2,4-5,10H,3,7H2,1H3,(H,18,20)/t10-/m0/s1. The SMILES string of the molecule is CNC(=O)[C@H](C#N)Cc1cc2cc3c(cc2nc1Cl)OCO3. The van der Waals surface area contributed by atoms with Crippen LogP contribution in [0.2, 0.25) is 5.15 Å².